The molecule has 0 aliphatic carbocycles. The molecule has 1 aromatic carbocycles. The van der Waals surface area contributed by atoms with Crippen LogP contribution in [0.1, 0.15) is 20.3 Å². The van der Waals surface area contributed by atoms with Gasteiger partial charge in [0, 0.05) is 31.3 Å². The van der Waals surface area contributed by atoms with Gasteiger partial charge in [-0.2, -0.15) is 0 Å². The van der Waals surface area contributed by atoms with Crippen molar-refractivity contribution in [1.29, 1.82) is 0 Å². The molecule has 1 unspecified atom stereocenters. The van der Waals surface area contributed by atoms with Crippen LogP contribution < -0.4 is 19.7 Å². The Kier molecular flexibility index (Phi) is 3.84. The summed E-state index contributed by atoms with van der Waals surface area (Å²) in [6.07, 6.45) is 1.14. The van der Waals surface area contributed by atoms with Crippen LogP contribution in [0.25, 0.3) is 0 Å². The predicted octanol–water partition coefficient (Wildman–Crippen LogP) is 2.73. The molecular weight excluding hydrogens is 228 g/mol. The van der Waals surface area contributed by atoms with Crippen molar-refractivity contribution in [1.82, 2.24) is 0 Å². The van der Waals surface area contributed by atoms with E-state index in [9.17, 15) is 0 Å². The van der Waals surface area contributed by atoms with E-state index in [4.69, 9.17) is 9.47 Å². The number of anilines is 2. The molecule has 1 aliphatic heterocycles. The first-order valence-electron chi connectivity index (χ1n) is 6.47. The summed E-state index contributed by atoms with van der Waals surface area (Å²) in [6.45, 7) is 6.46. The van der Waals surface area contributed by atoms with Crippen LogP contribution in [0, 0.1) is 0 Å². The second-order valence-corrected chi connectivity index (χ2v) is 4.65. The molecule has 0 spiro atoms. The van der Waals surface area contributed by atoms with Gasteiger partial charge in [0.05, 0.1) is 25.6 Å². The van der Waals surface area contributed by atoms with E-state index in [1.807, 2.05) is 6.07 Å². The fourth-order valence-electron chi connectivity index (χ4n) is 2.43. The second-order valence-electron chi connectivity index (χ2n) is 4.65. The summed E-state index contributed by atoms with van der Waals surface area (Å²) in [5.74, 6) is 1.56. The van der Waals surface area contributed by atoms with Gasteiger partial charge in [0.25, 0.3) is 0 Å². The van der Waals surface area contributed by atoms with Crippen molar-refractivity contribution < 1.29 is 9.47 Å². The number of methoxy groups -OCH3 is 2. The van der Waals surface area contributed by atoms with Crippen LogP contribution in [0.2, 0.25) is 0 Å². The number of benzene rings is 1. The molecule has 100 valence electrons. The molecule has 4 nitrogen and oxygen atoms in total. The van der Waals surface area contributed by atoms with E-state index < -0.39 is 0 Å². The maximum Gasteiger partial charge on any atom is 0.162 e. The summed E-state index contributed by atoms with van der Waals surface area (Å²) in [5, 5.41) is 3.45. The molecule has 1 aliphatic rings. The Morgan fingerprint density at radius 2 is 1.94 bits per heavy atom. The maximum absolute atomic E-state index is 5.38. The molecule has 4 heteroatoms. The van der Waals surface area contributed by atoms with Crippen LogP contribution in [-0.4, -0.2) is 33.4 Å². The Balaban J connectivity index is 2.44. The van der Waals surface area contributed by atoms with E-state index >= 15 is 0 Å². The van der Waals surface area contributed by atoms with E-state index in [0.29, 0.717) is 6.04 Å². The summed E-state index contributed by atoms with van der Waals surface area (Å²) in [7, 11) is 3.34. The van der Waals surface area contributed by atoms with Gasteiger partial charge in [-0.25, -0.2) is 0 Å². The first-order valence-corrected chi connectivity index (χ1v) is 6.47. The minimum Gasteiger partial charge on any atom is -0.493 e. The van der Waals surface area contributed by atoms with E-state index in [-0.39, 0.29) is 0 Å². The largest absolute Gasteiger partial charge is 0.493 e. The molecule has 0 aromatic heterocycles. The molecule has 0 saturated carbocycles. The van der Waals surface area contributed by atoms with Gasteiger partial charge in [-0.3, -0.25) is 0 Å². The number of nitrogens with zero attached hydrogens (tertiary/aromatic N) is 1. The lowest BCUT2D eigenvalue weighted by Gasteiger charge is -2.38. The zero-order chi connectivity index (χ0) is 13.1. The highest BCUT2D eigenvalue weighted by molar-refractivity contribution is 5.77. The van der Waals surface area contributed by atoms with Gasteiger partial charge in [-0.1, -0.05) is 6.92 Å². The number of ether oxygens (including phenoxy) is 2. The lowest BCUT2D eigenvalue weighted by Crippen LogP contribution is -2.42. The fourth-order valence-corrected chi connectivity index (χ4v) is 2.43. The average molecular weight is 250 g/mol. The Bertz CT molecular complexity index is 421. The third-order valence-corrected chi connectivity index (χ3v) is 3.40. The predicted molar refractivity (Wildman–Crippen MR) is 75.1 cm³/mol. The molecule has 2 rings (SSSR count). The third kappa shape index (κ3) is 2.19. The van der Waals surface area contributed by atoms with Crippen molar-refractivity contribution in [3.63, 3.8) is 0 Å². The Hall–Kier alpha value is -1.58. The van der Waals surface area contributed by atoms with E-state index in [2.05, 4.69) is 30.1 Å². The Morgan fingerprint density at radius 1 is 1.28 bits per heavy atom. The van der Waals surface area contributed by atoms with Crippen LogP contribution in [0.4, 0.5) is 11.4 Å². The molecule has 1 heterocycles. The Labute approximate surface area is 109 Å². The molecule has 18 heavy (non-hydrogen) atoms. The van der Waals surface area contributed by atoms with Gasteiger partial charge in [-0.05, 0) is 13.3 Å². The Morgan fingerprint density at radius 3 is 2.56 bits per heavy atom. The third-order valence-electron chi connectivity index (χ3n) is 3.40. The van der Waals surface area contributed by atoms with Gasteiger partial charge in [0.2, 0.25) is 0 Å². The van der Waals surface area contributed by atoms with Crippen LogP contribution in [0.3, 0.4) is 0 Å². The molecule has 0 fully saturated rings. The molecular formula is C14H22N2O2. The summed E-state index contributed by atoms with van der Waals surface area (Å²) in [4.78, 5) is 2.42. The van der Waals surface area contributed by atoms with E-state index in [0.717, 1.165) is 36.7 Å². The first kappa shape index (κ1) is 12.9. The first-order chi connectivity index (χ1) is 8.71. The van der Waals surface area contributed by atoms with Crippen molar-refractivity contribution in [3.05, 3.63) is 12.1 Å². The highest BCUT2D eigenvalue weighted by atomic mass is 16.5. The lowest BCUT2D eigenvalue weighted by molar-refractivity contribution is 0.355. The minimum atomic E-state index is 0.496. The monoisotopic (exact) mass is 250 g/mol. The average Bonchev–Trinajstić information content (AvgIpc) is 2.40. The zero-order valence-electron chi connectivity index (χ0n) is 11.6. The smallest absolute Gasteiger partial charge is 0.162 e. The van der Waals surface area contributed by atoms with Gasteiger partial charge in [0.1, 0.15) is 0 Å². The molecule has 0 amide bonds. The number of fused-ring (bicyclic) bond motifs is 1. The normalized spacial score (nSPS) is 18.0. The van der Waals surface area contributed by atoms with E-state index in [1.54, 1.807) is 14.2 Å². The van der Waals surface area contributed by atoms with Crippen molar-refractivity contribution in [2.24, 2.45) is 0 Å². The maximum atomic E-state index is 5.38. The van der Waals surface area contributed by atoms with E-state index in [1.165, 1.54) is 5.69 Å². The topological polar surface area (TPSA) is 33.7 Å². The summed E-state index contributed by atoms with van der Waals surface area (Å²) < 4.78 is 10.7. The zero-order valence-corrected chi connectivity index (χ0v) is 11.6. The number of nitrogens with one attached hydrogen (secondary N) is 1. The van der Waals surface area contributed by atoms with Gasteiger partial charge in [0.15, 0.2) is 11.5 Å². The van der Waals surface area contributed by atoms with Gasteiger partial charge in [-0.15, -0.1) is 0 Å². The molecule has 0 bridgehead atoms. The van der Waals surface area contributed by atoms with Gasteiger partial charge >= 0.3 is 0 Å². The quantitative estimate of drug-likeness (QED) is 0.891. The number of hydrogen-bond donors (Lipinski definition) is 1. The summed E-state index contributed by atoms with van der Waals surface area (Å²) >= 11 is 0. The van der Waals surface area contributed by atoms with Crippen molar-refractivity contribution in [2.75, 3.05) is 37.5 Å². The van der Waals surface area contributed by atoms with Crippen LogP contribution in [0.15, 0.2) is 12.1 Å². The molecule has 0 saturated heterocycles. The van der Waals surface area contributed by atoms with Crippen LogP contribution in [-0.2, 0) is 0 Å². The number of hydrogen-bond acceptors (Lipinski definition) is 4. The van der Waals surface area contributed by atoms with Crippen molar-refractivity contribution >= 4 is 11.4 Å². The SMILES string of the molecule is CCCN1c2cc(OC)c(OC)cc2NCC1C. The summed E-state index contributed by atoms with van der Waals surface area (Å²) in [5.41, 5.74) is 2.33. The number of rotatable bonds is 4. The standard InChI is InChI=1S/C14H22N2O2/c1-5-6-16-10(2)9-15-11-7-13(17-3)14(18-4)8-12(11)16/h7-8,10,15H,5-6,9H2,1-4H3. The highest BCUT2D eigenvalue weighted by Crippen LogP contribution is 2.40. The minimum absolute atomic E-state index is 0.496. The lowest BCUT2D eigenvalue weighted by atomic mass is 10.1. The van der Waals surface area contributed by atoms with Crippen LogP contribution >= 0.6 is 0 Å². The van der Waals surface area contributed by atoms with Crippen LogP contribution in [0.5, 0.6) is 11.5 Å². The molecule has 1 atom stereocenters. The highest BCUT2D eigenvalue weighted by Gasteiger charge is 2.24. The fraction of sp³-hybridized carbons (Fsp3) is 0.571. The molecule has 1 aromatic rings. The van der Waals surface area contributed by atoms with Crippen molar-refractivity contribution in [3.8, 4) is 11.5 Å². The molecule has 1 N–H and O–H groups in total. The summed E-state index contributed by atoms with van der Waals surface area (Å²) in [6, 6.07) is 4.57. The molecule has 0 radical (unpaired) electrons. The second kappa shape index (κ2) is 5.38. The van der Waals surface area contributed by atoms with Gasteiger partial charge < -0.3 is 19.7 Å². The van der Waals surface area contributed by atoms with Crippen molar-refractivity contribution in [2.45, 2.75) is 26.3 Å².